The molecule has 0 unspecified atom stereocenters. The molecule has 116 valence electrons. The lowest BCUT2D eigenvalue weighted by molar-refractivity contribution is 0.863. The molecule has 0 fully saturated rings. The van der Waals surface area contributed by atoms with Gasteiger partial charge >= 0.3 is 0 Å². The Bertz CT molecular complexity index is 223. The van der Waals surface area contributed by atoms with Crippen LogP contribution < -0.4 is 0 Å². The Labute approximate surface area is 126 Å². The number of nitrogens with zero attached hydrogens (tertiary/aromatic N) is 1. The van der Waals surface area contributed by atoms with Gasteiger partial charge in [0.15, 0.2) is 0 Å². The van der Waals surface area contributed by atoms with Crippen molar-refractivity contribution in [3.63, 3.8) is 0 Å². The Morgan fingerprint density at radius 3 is 0.895 bits per heavy atom. The minimum Gasteiger partial charge on any atom is -0.281 e. The standard InChI is InChI=1S/C15H37NP2Si/c1-12(2)17(13(3)4)16(19(9,10)11)18(14(5)6)15(7)8/h12-15H,1-11H3. The maximum Gasteiger partial charge on any atom is 0.128 e. The first-order chi connectivity index (χ1) is 8.41. The highest BCUT2D eigenvalue weighted by Gasteiger charge is 2.40. The van der Waals surface area contributed by atoms with Gasteiger partial charge in [0.25, 0.3) is 0 Å². The van der Waals surface area contributed by atoms with Gasteiger partial charge in [-0.05, 0) is 38.8 Å². The first kappa shape index (κ1) is 20.0. The van der Waals surface area contributed by atoms with Gasteiger partial charge in [-0.15, -0.1) is 0 Å². The fourth-order valence-corrected chi connectivity index (χ4v) is 18.8. The van der Waals surface area contributed by atoms with Gasteiger partial charge in [-0.25, -0.2) is 0 Å². The van der Waals surface area contributed by atoms with Gasteiger partial charge < -0.3 is 0 Å². The average Bonchev–Trinajstić information content (AvgIpc) is 2.12. The van der Waals surface area contributed by atoms with E-state index in [-0.39, 0.29) is 16.1 Å². The van der Waals surface area contributed by atoms with Crippen LogP contribution in [-0.4, -0.2) is 35.0 Å². The zero-order chi connectivity index (χ0) is 15.5. The molecule has 0 aromatic carbocycles. The van der Waals surface area contributed by atoms with Crippen molar-refractivity contribution in [3.8, 4) is 0 Å². The maximum absolute atomic E-state index is 3.09. The van der Waals surface area contributed by atoms with Gasteiger partial charge in [-0.1, -0.05) is 75.0 Å². The normalized spacial score (nSPS) is 14.2. The lowest BCUT2D eigenvalue weighted by atomic mass is 10.5. The van der Waals surface area contributed by atoms with E-state index in [9.17, 15) is 0 Å². The first-order valence-electron chi connectivity index (χ1n) is 7.78. The fraction of sp³-hybridized carbons (Fsp3) is 1.00. The summed E-state index contributed by atoms with van der Waals surface area (Å²) in [6.07, 6.45) is 0. The second-order valence-corrected chi connectivity index (χ2v) is 19.9. The minimum absolute atomic E-state index is 0.0105. The van der Waals surface area contributed by atoms with Crippen LogP contribution >= 0.6 is 16.1 Å². The van der Waals surface area contributed by atoms with Gasteiger partial charge in [0, 0.05) is 0 Å². The summed E-state index contributed by atoms with van der Waals surface area (Å²) in [6.45, 7) is 27.1. The summed E-state index contributed by atoms with van der Waals surface area (Å²) < 4.78 is 3.09. The highest BCUT2D eigenvalue weighted by molar-refractivity contribution is 7.74. The molecule has 0 aliphatic carbocycles. The van der Waals surface area contributed by atoms with Crippen LogP contribution in [0.15, 0.2) is 0 Å². The van der Waals surface area contributed by atoms with Crippen LogP contribution in [0.4, 0.5) is 0 Å². The molecule has 0 aliphatic heterocycles. The lowest BCUT2D eigenvalue weighted by Gasteiger charge is -2.52. The smallest absolute Gasteiger partial charge is 0.128 e. The fourth-order valence-electron chi connectivity index (χ4n) is 2.88. The first-order valence-corrected chi connectivity index (χ1v) is 14.1. The average molecular weight is 322 g/mol. The van der Waals surface area contributed by atoms with Gasteiger partial charge in [0.2, 0.25) is 0 Å². The number of hydrogen-bond donors (Lipinski definition) is 0. The summed E-state index contributed by atoms with van der Waals surface area (Å²) >= 11 is 0. The topological polar surface area (TPSA) is 3.24 Å². The Morgan fingerprint density at radius 1 is 0.579 bits per heavy atom. The molecule has 0 bridgehead atoms. The third-order valence-electron chi connectivity index (χ3n) is 3.15. The number of hydrogen-bond acceptors (Lipinski definition) is 1. The van der Waals surface area contributed by atoms with E-state index in [0.717, 1.165) is 22.6 Å². The van der Waals surface area contributed by atoms with E-state index >= 15 is 0 Å². The van der Waals surface area contributed by atoms with Gasteiger partial charge in [-0.2, -0.15) is 0 Å². The van der Waals surface area contributed by atoms with Crippen molar-refractivity contribution < 1.29 is 0 Å². The van der Waals surface area contributed by atoms with Crippen molar-refractivity contribution in [2.24, 2.45) is 0 Å². The Kier molecular flexibility index (Phi) is 8.31. The van der Waals surface area contributed by atoms with Crippen LogP contribution in [-0.2, 0) is 0 Å². The molecule has 0 aromatic heterocycles. The van der Waals surface area contributed by atoms with E-state index in [1.807, 2.05) is 0 Å². The molecule has 0 aliphatic rings. The molecule has 19 heavy (non-hydrogen) atoms. The van der Waals surface area contributed by atoms with Crippen molar-refractivity contribution in [1.82, 2.24) is 4.11 Å². The summed E-state index contributed by atoms with van der Waals surface area (Å²) in [6, 6.07) is 0. The zero-order valence-corrected chi connectivity index (χ0v) is 17.9. The summed E-state index contributed by atoms with van der Waals surface area (Å²) in [4.78, 5) is 0. The van der Waals surface area contributed by atoms with Crippen molar-refractivity contribution in [1.29, 1.82) is 0 Å². The van der Waals surface area contributed by atoms with E-state index in [0.29, 0.717) is 0 Å². The molecule has 0 aromatic rings. The molecule has 4 heteroatoms. The Balaban J connectivity index is 5.65. The monoisotopic (exact) mass is 321 g/mol. The van der Waals surface area contributed by atoms with E-state index in [1.54, 1.807) is 0 Å². The predicted octanol–water partition coefficient (Wildman–Crippen LogP) is 6.55. The van der Waals surface area contributed by atoms with Gasteiger partial charge in [0.05, 0.1) is 0 Å². The second-order valence-electron chi connectivity index (χ2n) is 7.60. The maximum atomic E-state index is 3.09. The van der Waals surface area contributed by atoms with Crippen LogP contribution in [0.25, 0.3) is 0 Å². The second kappa shape index (κ2) is 7.88. The highest BCUT2D eigenvalue weighted by Crippen LogP contribution is 2.67. The highest BCUT2D eigenvalue weighted by atomic mass is 31.2. The van der Waals surface area contributed by atoms with E-state index in [1.165, 1.54) is 0 Å². The van der Waals surface area contributed by atoms with Crippen LogP contribution in [0.3, 0.4) is 0 Å². The van der Waals surface area contributed by atoms with Crippen molar-refractivity contribution >= 4 is 24.4 Å². The van der Waals surface area contributed by atoms with E-state index in [2.05, 4.69) is 79.1 Å². The van der Waals surface area contributed by atoms with Crippen LogP contribution in [0.1, 0.15) is 55.4 Å². The van der Waals surface area contributed by atoms with Crippen molar-refractivity contribution in [2.75, 3.05) is 0 Å². The lowest BCUT2D eigenvalue weighted by Crippen LogP contribution is -2.44. The van der Waals surface area contributed by atoms with Gasteiger partial charge in [0.1, 0.15) is 8.24 Å². The van der Waals surface area contributed by atoms with Crippen LogP contribution in [0.5, 0.6) is 0 Å². The summed E-state index contributed by atoms with van der Waals surface area (Å²) in [5.74, 6) is 0. The SMILES string of the molecule is CC(C)P(C(C)C)N(P(C(C)C)C(C)C)[Si](C)(C)C. The molecule has 0 spiro atoms. The van der Waals surface area contributed by atoms with E-state index in [4.69, 9.17) is 0 Å². The van der Waals surface area contributed by atoms with Crippen molar-refractivity contribution in [3.05, 3.63) is 0 Å². The molecule has 0 heterocycles. The predicted molar refractivity (Wildman–Crippen MR) is 99.6 cm³/mol. The zero-order valence-electron chi connectivity index (χ0n) is 15.2. The third kappa shape index (κ3) is 5.74. The molecular weight excluding hydrogens is 284 g/mol. The number of rotatable bonds is 7. The molecule has 0 amide bonds. The Hall–Kier alpha value is 1.04. The molecule has 0 rings (SSSR count). The van der Waals surface area contributed by atoms with Crippen molar-refractivity contribution in [2.45, 2.75) is 97.7 Å². The molecule has 1 nitrogen and oxygen atoms in total. The summed E-state index contributed by atoms with van der Waals surface area (Å²) in [5.41, 5.74) is 3.24. The van der Waals surface area contributed by atoms with E-state index < -0.39 is 8.24 Å². The van der Waals surface area contributed by atoms with Crippen LogP contribution in [0, 0.1) is 0 Å². The molecule has 0 saturated heterocycles. The minimum atomic E-state index is -1.27. The molecule has 0 saturated carbocycles. The third-order valence-corrected chi connectivity index (χ3v) is 15.7. The summed E-state index contributed by atoms with van der Waals surface area (Å²) in [5, 5.41) is 0. The van der Waals surface area contributed by atoms with Gasteiger partial charge in [-0.3, -0.25) is 4.11 Å². The molecule has 0 radical (unpaired) electrons. The quantitative estimate of drug-likeness (QED) is 0.379. The largest absolute Gasteiger partial charge is 0.281 e. The molecule has 0 N–H and O–H groups in total. The molecule has 0 atom stereocenters. The van der Waals surface area contributed by atoms with Crippen LogP contribution in [0.2, 0.25) is 19.6 Å². The Morgan fingerprint density at radius 2 is 0.789 bits per heavy atom. The summed E-state index contributed by atoms with van der Waals surface area (Å²) in [7, 11) is -1.29. The molecular formula is C15H37NP2Si.